The second-order valence-corrected chi connectivity index (χ2v) is 6.94. The Bertz CT molecular complexity index is 768. The number of carbonyl (C=O) groups is 1. The molecule has 0 saturated heterocycles. The van der Waals surface area contributed by atoms with Gasteiger partial charge in [0.1, 0.15) is 17.2 Å². The SMILES string of the molecule is CC(F)(F)Oc1cccc(OCCc2ccc(C(=O)CCC3CC3)nc2)c1. The number of alkyl halides is 2. The van der Waals surface area contributed by atoms with Crippen LogP contribution in [0.5, 0.6) is 11.5 Å². The Labute approximate surface area is 157 Å². The Morgan fingerprint density at radius 3 is 2.67 bits per heavy atom. The van der Waals surface area contributed by atoms with Crippen LogP contribution in [0.15, 0.2) is 42.6 Å². The Kier molecular flexibility index (Phi) is 6.04. The average Bonchev–Trinajstić information content (AvgIpc) is 3.44. The Hall–Kier alpha value is -2.50. The molecule has 1 aromatic heterocycles. The molecule has 0 atom stereocenters. The molecule has 1 aromatic carbocycles. The van der Waals surface area contributed by atoms with E-state index in [9.17, 15) is 13.6 Å². The van der Waals surface area contributed by atoms with Crippen LogP contribution in [0.2, 0.25) is 0 Å². The number of aromatic nitrogens is 1. The van der Waals surface area contributed by atoms with Crippen LogP contribution in [-0.4, -0.2) is 23.5 Å². The van der Waals surface area contributed by atoms with Gasteiger partial charge in [-0.3, -0.25) is 9.78 Å². The lowest BCUT2D eigenvalue weighted by Crippen LogP contribution is -2.19. The van der Waals surface area contributed by atoms with E-state index in [4.69, 9.17) is 4.74 Å². The summed E-state index contributed by atoms with van der Waals surface area (Å²) in [5.74, 6) is 1.33. The van der Waals surface area contributed by atoms with E-state index < -0.39 is 6.11 Å². The minimum Gasteiger partial charge on any atom is -0.493 e. The number of halogens is 2. The first-order valence-electron chi connectivity index (χ1n) is 9.17. The van der Waals surface area contributed by atoms with Crippen molar-refractivity contribution in [3.63, 3.8) is 0 Å². The number of carbonyl (C=O) groups excluding carboxylic acids is 1. The van der Waals surface area contributed by atoms with Crippen molar-refractivity contribution in [2.45, 2.75) is 45.1 Å². The fourth-order valence-corrected chi connectivity index (χ4v) is 2.73. The lowest BCUT2D eigenvalue weighted by Gasteiger charge is -2.14. The largest absolute Gasteiger partial charge is 0.493 e. The number of Topliss-reactive ketones (excluding diaryl/α,β-unsaturated/α-hetero) is 1. The third kappa shape index (κ3) is 6.62. The molecule has 0 bridgehead atoms. The minimum atomic E-state index is -3.23. The number of rotatable bonds is 10. The van der Waals surface area contributed by atoms with Crippen molar-refractivity contribution in [2.75, 3.05) is 6.61 Å². The van der Waals surface area contributed by atoms with Crippen molar-refractivity contribution >= 4 is 5.78 Å². The predicted octanol–water partition coefficient (Wildman–Crippen LogP) is 5.07. The highest BCUT2D eigenvalue weighted by molar-refractivity contribution is 5.94. The summed E-state index contributed by atoms with van der Waals surface area (Å²) in [6, 6.07) is 9.78. The van der Waals surface area contributed by atoms with E-state index >= 15 is 0 Å². The lowest BCUT2D eigenvalue weighted by atomic mass is 10.1. The topological polar surface area (TPSA) is 48.4 Å². The van der Waals surface area contributed by atoms with Gasteiger partial charge in [0, 0.05) is 32.0 Å². The van der Waals surface area contributed by atoms with E-state index in [0.29, 0.717) is 37.8 Å². The predicted molar refractivity (Wildman–Crippen MR) is 97.4 cm³/mol. The van der Waals surface area contributed by atoms with Gasteiger partial charge in [-0.05, 0) is 36.1 Å². The second kappa shape index (κ2) is 8.46. The Balaban J connectivity index is 1.46. The van der Waals surface area contributed by atoms with E-state index in [0.717, 1.165) is 17.9 Å². The first-order chi connectivity index (χ1) is 12.9. The van der Waals surface area contributed by atoms with E-state index in [-0.39, 0.29) is 11.5 Å². The fourth-order valence-electron chi connectivity index (χ4n) is 2.73. The third-order valence-electron chi connectivity index (χ3n) is 4.35. The summed E-state index contributed by atoms with van der Waals surface area (Å²) in [6.45, 7) is 1.05. The van der Waals surface area contributed by atoms with Gasteiger partial charge in [-0.15, -0.1) is 0 Å². The summed E-state index contributed by atoms with van der Waals surface area (Å²) >= 11 is 0. The molecule has 0 spiro atoms. The van der Waals surface area contributed by atoms with Crippen LogP contribution >= 0.6 is 0 Å². The number of ketones is 1. The molecular formula is C21H23F2NO3. The number of benzene rings is 1. The molecule has 0 amide bonds. The number of hydrogen-bond donors (Lipinski definition) is 0. The molecule has 3 rings (SSSR count). The highest BCUT2D eigenvalue weighted by Gasteiger charge is 2.23. The van der Waals surface area contributed by atoms with E-state index in [1.165, 1.54) is 25.0 Å². The normalized spacial score (nSPS) is 14.0. The molecule has 0 N–H and O–H groups in total. The standard InChI is InChI=1S/C21H23F2NO3/c1-21(22,23)27-18-4-2-3-17(13-18)26-12-11-16-7-9-19(24-14-16)20(25)10-8-15-5-6-15/h2-4,7,9,13-15H,5-6,8,10-12H2,1H3. The molecule has 0 aliphatic heterocycles. The van der Waals surface area contributed by atoms with Crippen LogP contribution in [0.1, 0.15) is 48.7 Å². The molecule has 1 fully saturated rings. The van der Waals surface area contributed by atoms with E-state index in [2.05, 4.69) is 9.72 Å². The zero-order valence-corrected chi connectivity index (χ0v) is 15.3. The summed E-state index contributed by atoms with van der Waals surface area (Å²) in [7, 11) is 0. The zero-order chi connectivity index (χ0) is 19.3. The van der Waals surface area contributed by atoms with Gasteiger partial charge in [-0.1, -0.05) is 25.0 Å². The van der Waals surface area contributed by atoms with Crippen molar-refractivity contribution < 1.29 is 23.0 Å². The highest BCUT2D eigenvalue weighted by Crippen LogP contribution is 2.33. The molecule has 27 heavy (non-hydrogen) atoms. The van der Waals surface area contributed by atoms with Crippen molar-refractivity contribution in [3.05, 3.63) is 53.9 Å². The number of ether oxygens (including phenoxy) is 2. The number of hydrogen-bond acceptors (Lipinski definition) is 4. The van der Waals surface area contributed by atoms with Crippen LogP contribution in [0, 0.1) is 5.92 Å². The molecular weight excluding hydrogens is 352 g/mol. The lowest BCUT2D eigenvalue weighted by molar-refractivity contribution is -0.159. The van der Waals surface area contributed by atoms with Crippen molar-refractivity contribution in [3.8, 4) is 11.5 Å². The fraction of sp³-hybridized carbons (Fsp3) is 0.429. The van der Waals surface area contributed by atoms with Gasteiger partial charge in [0.2, 0.25) is 0 Å². The summed E-state index contributed by atoms with van der Waals surface area (Å²) < 4.78 is 35.9. The molecule has 144 valence electrons. The zero-order valence-electron chi connectivity index (χ0n) is 15.3. The van der Waals surface area contributed by atoms with Crippen molar-refractivity contribution in [1.82, 2.24) is 4.98 Å². The molecule has 1 heterocycles. The maximum atomic E-state index is 12.9. The average molecular weight is 375 g/mol. The summed E-state index contributed by atoms with van der Waals surface area (Å²) in [6.07, 6.45) is 3.06. The van der Waals surface area contributed by atoms with E-state index in [1.54, 1.807) is 24.4 Å². The molecule has 6 heteroatoms. The van der Waals surface area contributed by atoms with Crippen molar-refractivity contribution in [2.24, 2.45) is 5.92 Å². The Morgan fingerprint density at radius 2 is 2.00 bits per heavy atom. The van der Waals surface area contributed by atoms with Crippen LogP contribution in [0.4, 0.5) is 8.78 Å². The van der Waals surface area contributed by atoms with Gasteiger partial charge in [0.05, 0.1) is 6.61 Å². The van der Waals surface area contributed by atoms with Gasteiger partial charge >= 0.3 is 6.11 Å². The smallest absolute Gasteiger partial charge is 0.394 e. The molecule has 1 aliphatic carbocycles. The van der Waals surface area contributed by atoms with Crippen LogP contribution in [0.25, 0.3) is 0 Å². The second-order valence-electron chi connectivity index (χ2n) is 6.94. The van der Waals surface area contributed by atoms with E-state index in [1.807, 2.05) is 6.07 Å². The molecule has 0 unspecified atom stereocenters. The number of nitrogens with zero attached hydrogens (tertiary/aromatic N) is 1. The van der Waals surface area contributed by atoms with Crippen LogP contribution in [-0.2, 0) is 6.42 Å². The molecule has 0 radical (unpaired) electrons. The summed E-state index contributed by atoms with van der Waals surface area (Å²) in [4.78, 5) is 16.3. The van der Waals surface area contributed by atoms with Gasteiger partial charge in [0.15, 0.2) is 5.78 Å². The first-order valence-corrected chi connectivity index (χ1v) is 9.17. The van der Waals surface area contributed by atoms with Gasteiger partial charge < -0.3 is 9.47 Å². The summed E-state index contributed by atoms with van der Waals surface area (Å²) in [5.41, 5.74) is 1.45. The highest BCUT2D eigenvalue weighted by atomic mass is 19.3. The molecule has 2 aromatic rings. The quantitative estimate of drug-likeness (QED) is 0.544. The number of pyridine rings is 1. The molecule has 1 aliphatic rings. The third-order valence-corrected chi connectivity index (χ3v) is 4.35. The maximum Gasteiger partial charge on any atom is 0.394 e. The van der Waals surface area contributed by atoms with Gasteiger partial charge in [-0.25, -0.2) is 0 Å². The van der Waals surface area contributed by atoms with Crippen LogP contribution < -0.4 is 9.47 Å². The van der Waals surface area contributed by atoms with Crippen LogP contribution in [0.3, 0.4) is 0 Å². The molecule has 4 nitrogen and oxygen atoms in total. The maximum absolute atomic E-state index is 12.9. The monoisotopic (exact) mass is 375 g/mol. The van der Waals surface area contributed by atoms with Gasteiger partial charge in [-0.2, -0.15) is 8.78 Å². The Morgan fingerprint density at radius 1 is 1.22 bits per heavy atom. The first kappa shape index (κ1) is 19.3. The van der Waals surface area contributed by atoms with Crippen molar-refractivity contribution in [1.29, 1.82) is 0 Å². The van der Waals surface area contributed by atoms with Gasteiger partial charge in [0.25, 0.3) is 0 Å². The summed E-state index contributed by atoms with van der Waals surface area (Å²) in [5, 5.41) is 0. The molecule has 1 saturated carbocycles. The minimum absolute atomic E-state index is 0.0516.